The lowest BCUT2D eigenvalue weighted by Gasteiger charge is -2.33. The Kier molecular flexibility index (Phi) is 12.5. The van der Waals surface area contributed by atoms with Gasteiger partial charge in [-0.25, -0.2) is 28.3 Å². The van der Waals surface area contributed by atoms with Crippen molar-refractivity contribution < 1.29 is 42.2 Å². The maximum absolute atomic E-state index is 15.0. The molecular formula is C49H50F2N8O7. The van der Waals surface area contributed by atoms with E-state index >= 15 is 8.78 Å². The molecule has 3 aliphatic heterocycles. The van der Waals surface area contributed by atoms with Gasteiger partial charge in [0.25, 0.3) is 11.8 Å². The molecule has 3 fully saturated rings. The van der Waals surface area contributed by atoms with Crippen LogP contribution in [0.25, 0.3) is 44.4 Å². The zero-order chi connectivity index (χ0) is 46.0. The van der Waals surface area contributed by atoms with Gasteiger partial charge in [-0.3, -0.25) is 9.59 Å². The average molecular weight is 901 g/mol. The highest BCUT2D eigenvalue weighted by Gasteiger charge is 2.51. The third kappa shape index (κ3) is 9.20. The number of aromatic amines is 2. The van der Waals surface area contributed by atoms with Gasteiger partial charge in [-0.05, 0) is 76.8 Å². The molecule has 66 heavy (non-hydrogen) atoms. The number of carbonyl (C=O) groups is 4. The Bertz CT molecular complexity index is 2720. The van der Waals surface area contributed by atoms with Gasteiger partial charge in [-0.15, -0.1) is 0 Å². The zero-order valence-electron chi connectivity index (χ0n) is 36.5. The van der Waals surface area contributed by atoms with E-state index in [1.54, 1.807) is 29.4 Å². The van der Waals surface area contributed by atoms with Crippen molar-refractivity contribution >= 4 is 34.8 Å². The van der Waals surface area contributed by atoms with E-state index in [4.69, 9.17) is 19.2 Å². The van der Waals surface area contributed by atoms with Crippen LogP contribution >= 0.6 is 0 Å². The number of methoxy groups -OCH3 is 2. The summed E-state index contributed by atoms with van der Waals surface area (Å²) in [6, 6.07) is 26.1. The van der Waals surface area contributed by atoms with Gasteiger partial charge in [0, 0.05) is 31.7 Å². The van der Waals surface area contributed by atoms with E-state index in [-0.39, 0.29) is 23.7 Å². The molecule has 6 aromatic rings. The Morgan fingerprint density at radius 2 is 1.30 bits per heavy atom. The molecule has 0 aliphatic carbocycles. The van der Waals surface area contributed by atoms with Crippen molar-refractivity contribution in [1.29, 1.82) is 0 Å². The Morgan fingerprint density at radius 1 is 0.712 bits per heavy atom. The third-order valence-electron chi connectivity index (χ3n) is 12.9. The van der Waals surface area contributed by atoms with Crippen molar-refractivity contribution in [1.82, 2.24) is 40.4 Å². The van der Waals surface area contributed by atoms with Gasteiger partial charge >= 0.3 is 12.2 Å². The number of benzene rings is 4. The number of hydrogen-bond donors (Lipinski definition) is 4. The van der Waals surface area contributed by atoms with Gasteiger partial charge in [0.2, 0.25) is 5.91 Å². The number of hydrogen-bond acceptors (Lipinski definition) is 9. The van der Waals surface area contributed by atoms with Crippen LogP contribution in [0.2, 0.25) is 0 Å². The number of carbonyl (C=O) groups excluding carboxylic acids is 4. The van der Waals surface area contributed by atoms with Crippen molar-refractivity contribution in [3.05, 3.63) is 121 Å². The monoisotopic (exact) mass is 900 g/mol. The zero-order valence-corrected chi connectivity index (χ0v) is 36.5. The van der Waals surface area contributed by atoms with Gasteiger partial charge in [0.1, 0.15) is 23.7 Å². The van der Waals surface area contributed by atoms with Crippen molar-refractivity contribution in [2.45, 2.75) is 62.2 Å². The summed E-state index contributed by atoms with van der Waals surface area (Å²) in [5, 5.41) is 7.36. The quantitative estimate of drug-likeness (QED) is 0.0998. The lowest BCUT2D eigenvalue weighted by atomic mass is 9.90. The molecule has 5 heterocycles. The second-order valence-electron chi connectivity index (χ2n) is 17.0. The van der Waals surface area contributed by atoms with Crippen molar-refractivity contribution in [2.75, 3.05) is 40.5 Å². The molecule has 0 bridgehead atoms. The number of likely N-dealkylation sites (tertiary alicyclic amines) is 2. The molecule has 0 spiro atoms. The molecule has 9 rings (SSSR count). The van der Waals surface area contributed by atoms with Gasteiger partial charge in [0.15, 0.2) is 0 Å². The normalized spacial score (nSPS) is 19.3. The van der Waals surface area contributed by atoms with E-state index < -0.39 is 55.1 Å². The predicted octanol–water partition coefficient (Wildman–Crippen LogP) is 8.11. The lowest BCUT2D eigenvalue weighted by molar-refractivity contribution is -0.138. The standard InChI is InChI=1S/C49H50F2N8O7/c1-64-47(62)56-41(31-7-4-3-5-8-31)45(60)58-20-6-9-39(58)43-52-27-38(55-43)36-17-16-34-23-33(14-15-35(34)24-36)29-10-12-30(13-11-29)37-26-53-44(54-37)40-25-49(50,51)28-59(40)46(61)42(57-48(63)65-2)32-18-21-66-22-19-32/h3-5,7-8,10-17,23-24,26-27,32,39-42H,6,9,18-22,25,28H2,1-2H3,(H,52,55)(H,53,54)(H,56,62)(H,57,63). The van der Waals surface area contributed by atoms with E-state index in [1.807, 2.05) is 48.5 Å². The number of ether oxygens (including phenoxy) is 3. The van der Waals surface area contributed by atoms with E-state index in [2.05, 4.69) is 55.9 Å². The number of rotatable bonds is 11. The van der Waals surface area contributed by atoms with Crippen LogP contribution in [0.3, 0.4) is 0 Å². The molecule has 3 saturated heterocycles. The fraction of sp³-hybridized carbons (Fsp3) is 0.347. The third-order valence-corrected chi connectivity index (χ3v) is 12.9. The summed E-state index contributed by atoms with van der Waals surface area (Å²) in [5.41, 5.74) is 5.78. The van der Waals surface area contributed by atoms with E-state index in [0.717, 1.165) is 56.5 Å². The Labute approximate surface area is 379 Å². The summed E-state index contributed by atoms with van der Waals surface area (Å²) < 4.78 is 45.1. The van der Waals surface area contributed by atoms with Crippen LogP contribution in [0.4, 0.5) is 18.4 Å². The first-order valence-corrected chi connectivity index (χ1v) is 22.0. The largest absolute Gasteiger partial charge is 0.453 e. The van der Waals surface area contributed by atoms with Crippen molar-refractivity contribution in [3.8, 4) is 33.6 Å². The highest BCUT2D eigenvalue weighted by molar-refractivity contribution is 5.91. The Morgan fingerprint density at radius 3 is 1.98 bits per heavy atom. The topological polar surface area (TPSA) is 184 Å². The van der Waals surface area contributed by atoms with Crippen molar-refractivity contribution in [2.24, 2.45) is 5.92 Å². The highest BCUT2D eigenvalue weighted by atomic mass is 19.3. The molecule has 2 aromatic heterocycles. The smallest absolute Gasteiger partial charge is 0.407 e. The first kappa shape index (κ1) is 44.1. The van der Waals surface area contributed by atoms with Crippen LogP contribution < -0.4 is 10.6 Å². The predicted molar refractivity (Wildman–Crippen MR) is 240 cm³/mol. The minimum atomic E-state index is -3.15. The molecule has 0 saturated carbocycles. The Hall–Kier alpha value is -7.14. The van der Waals surface area contributed by atoms with Gasteiger partial charge in [-0.2, -0.15) is 0 Å². The van der Waals surface area contributed by atoms with E-state index in [0.29, 0.717) is 49.7 Å². The first-order chi connectivity index (χ1) is 32.0. The summed E-state index contributed by atoms with van der Waals surface area (Å²) in [5.74, 6) is -3.37. The second kappa shape index (κ2) is 18.8. The lowest BCUT2D eigenvalue weighted by Crippen LogP contribution is -2.53. The average Bonchev–Trinajstić information content (AvgIpc) is 4.19. The maximum Gasteiger partial charge on any atom is 0.407 e. The number of aromatic nitrogens is 4. The molecule has 3 aliphatic rings. The molecule has 4 atom stereocenters. The number of imidazole rings is 2. The molecule has 4 N–H and O–H groups in total. The molecule has 4 aromatic carbocycles. The summed E-state index contributed by atoms with van der Waals surface area (Å²) in [4.78, 5) is 71.2. The number of amides is 4. The fourth-order valence-corrected chi connectivity index (χ4v) is 9.42. The Balaban J connectivity index is 0.882. The van der Waals surface area contributed by atoms with Crippen LogP contribution in [0, 0.1) is 5.92 Å². The minimum absolute atomic E-state index is 0.234. The van der Waals surface area contributed by atoms with Gasteiger partial charge in [0.05, 0.1) is 56.6 Å². The molecular weight excluding hydrogens is 851 g/mol. The summed E-state index contributed by atoms with van der Waals surface area (Å²) in [6.07, 6.45) is 3.77. The number of alkyl halides is 2. The number of alkyl carbamates (subject to hydrolysis) is 2. The highest BCUT2D eigenvalue weighted by Crippen LogP contribution is 2.42. The van der Waals surface area contributed by atoms with Crippen LogP contribution in [0.1, 0.15) is 67.4 Å². The number of nitrogens with zero attached hydrogens (tertiary/aromatic N) is 4. The van der Waals surface area contributed by atoms with Crippen LogP contribution in [-0.4, -0.2) is 106 Å². The molecule has 342 valence electrons. The molecule has 15 nitrogen and oxygen atoms in total. The number of halogens is 2. The SMILES string of the molecule is COC(=O)NC(C(=O)N1CCCC1c1ncc(-c2ccc3cc(-c4ccc(-c5cnc(C6CC(F)(F)CN6C(=O)C(NC(=O)OC)C6CCOCC6)[nH]5)cc4)ccc3c2)[nH]1)c1ccccc1. The number of nitrogens with one attached hydrogen (secondary N) is 4. The molecule has 17 heteroatoms. The van der Waals surface area contributed by atoms with Gasteiger partial charge < -0.3 is 44.6 Å². The minimum Gasteiger partial charge on any atom is -0.453 e. The van der Waals surface area contributed by atoms with Crippen LogP contribution in [-0.2, 0) is 23.8 Å². The number of H-pyrrole nitrogens is 2. The van der Waals surface area contributed by atoms with Crippen molar-refractivity contribution in [3.63, 3.8) is 0 Å². The molecule has 0 radical (unpaired) electrons. The summed E-state index contributed by atoms with van der Waals surface area (Å²) >= 11 is 0. The summed E-state index contributed by atoms with van der Waals surface area (Å²) in [6.45, 7) is 0.540. The fourth-order valence-electron chi connectivity index (χ4n) is 9.42. The first-order valence-electron chi connectivity index (χ1n) is 22.0. The van der Waals surface area contributed by atoms with Gasteiger partial charge in [-0.1, -0.05) is 78.9 Å². The summed E-state index contributed by atoms with van der Waals surface area (Å²) in [7, 11) is 2.46. The molecule has 4 unspecified atom stereocenters. The van der Waals surface area contributed by atoms with Crippen LogP contribution in [0.5, 0.6) is 0 Å². The van der Waals surface area contributed by atoms with Crippen LogP contribution in [0.15, 0.2) is 103 Å². The second-order valence-corrected chi connectivity index (χ2v) is 17.0. The van der Waals surface area contributed by atoms with E-state index in [9.17, 15) is 19.2 Å². The maximum atomic E-state index is 15.0. The molecule has 4 amide bonds. The number of fused-ring (bicyclic) bond motifs is 1. The van der Waals surface area contributed by atoms with E-state index in [1.165, 1.54) is 14.2 Å².